The second-order valence-electron chi connectivity index (χ2n) is 4.08. The zero-order valence-electron chi connectivity index (χ0n) is 10.3. The number of nitrogens with zero attached hydrogens (tertiary/aromatic N) is 2. The van der Waals surface area contributed by atoms with Crippen molar-refractivity contribution in [2.24, 2.45) is 0 Å². The van der Waals surface area contributed by atoms with Crippen LogP contribution in [0.1, 0.15) is 17.5 Å². The van der Waals surface area contributed by atoms with Crippen LogP contribution in [0.4, 0.5) is 0 Å². The first-order valence-corrected chi connectivity index (χ1v) is 6.05. The molecule has 0 aliphatic heterocycles. The lowest BCUT2D eigenvalue weighted by atomic mass is 10.0. The summed E-state index contributed by atoms with van der Waals surface area (Å²) in [6.45, 7) is 2.02. The molecule has 0 spiro atoms. The first kappa shape index (κ1) is 12.7. The first-order valence-electron chi connectivity index (χ1n) is 5.67. The summed E-state index contributed by atoms with van der Waals surface area (Å²) in [5.41, 5.74) is 2.79. The maximum atomic E-state index is 8.64. The van der Waals surface area contributed by atoms with E-state index in [1.165, 1.54) is 0 Å². The van der Waals surface area contributed by atoms with Crippen molar-refractivity contribution >= 4 is 22.5 Å². The van der Waals surface area contributed by atoms with Crippen LogP contribution in [-0.2, 0) is 6.42 Å². The molecule has 0 radical (unpaired) electrons. The maximum Gasteiger partial charge on any atom is 0.145 e. The van der Waals surface area contributed by atoms with Crippen molar-refractivity contribution in [2.75, 3.05) is 7.11 Å². The Labute approximate surface area is 111 Å². The Morgan fingerprint density at radius 3 is 2.89 bits per heavy atom. The average molecular weight is 261 g/mol. The monoisotopic (exact) mass is 260 g/mol. The van der Waals surface area contributed by atoms with E-state index in [-0.39, 0.29) is 0 Å². The molecule has 3 nitrogen and oxygen atoms in total. The van der Waals surface area contributed by atoms with Crippen molar-refractivity contribution in [3.8, 4) is 11.8 Å². The van der Waals surface area contributed by atoms with Gasteiger partial charge < -0.3 is 4.74 Å². The fraction of sp³-hybridized carbons (Fsp3) is 0.286. The highest BCUT2D eigenvalue weighted by Gasteiger charge is 2.10. The summed E-state index contributed by atoms with van der Waals surface area (Å²) in [4.78, 5) is 4.39. The summed E-state index contributed by atoms with van der Waals surface area (Å²) in [6.07, 6.45) is 1.06. The number of hydrogen-bond donors (Lipinski definition) is 0. The molecule has 0 saturated heterocycles. The second kappa shape index (κ2) is 5.24. The van der Waals surface area contributed by atoms with Crippen LogP contribution in [0.15, 0.2) is 18.2 Å². The Morgan fingerprint density at radius 2 is 2.22 bits per heavy atom. The van der Waals surface area contributed by atoms with Crippen LogP contribution < -0.4 is 4.74 Å². The average Bonchev–Trinajstić information content (AvgIpc) is 2.37. The topological polar surface area (TPSA) is 45.9 Å². The Kier molecular flexibility index (Phi) is 3.69. The highest BCUT2D eigenvalue weighted by atomic mass is 35.5. The van der Waals surface area contributed by atoms with Gasteiger partial charge in [-0.05, 0) is 36.6 Å². The lowest BCUT2D eigenvalue weighted by molar-refractivity contribution is 0.419. The molecule has 0 saturated carbocycles. The van der Waals surface area contributed by atoms with Gasteiger partial charge in [-0.15, -0.1) is 0 Å². The van der Waals surface area contributed by atoms with E-state index in [0.29, 0.717) is 23.7 Å². The number of aromatic nitrogens is 1. The van der Waals surface area contributed by atoms with Gasteiger partial charge in [0.15, 0.2) is 0 Å². The molecule has 0 atom stereocenters. The molecule has 1 heterocycles. The maximum absolute atomic E-state index is 8.64. The van der Waals surface area contributed by atoms with Crippen LogP contribution in [0, 0.1) is 18.3 Å². The number of fused-ring (bicyclic) bond motifs is 1. The molecule has 0 bridgehead atoms. The summed E-state index contributed by atoms with van der Waals surface area (Å²) in [5, 5.41) is 10.1. The Hall–Kier alpha value is -1.79. The van der Waals surface area contributed by atoms with Crippen molar-refractivity contribution < 1.29 is 4.74 Å². The van der Waals surface area contributed by atoms with Crippen LogP contribution >= 0.6 is 11.6 Å². The number of nitriles is 1. The molecule has 0 aliphatic rings. The predicted molar refractivity (Wildman–Crippen MR) is 72.0 cm³/mol. The highest BCUT2D eigenvalue weighted by molar-refractivity contribution is 6.30. The first-order chi connectivity index (χ1) is 8.67. The SMILES string of the molecule is COc1ccc(C)c2cc(CCC#N)c(Cl)nc12. The Bertz CT molecular complexity index is 632. The molecule has 1 aromatic carbocycles. The van der Waals surface area contributed by atoms with E-state index < -0.39 is 0 Å². The van der Waals surface area contributed by atoms with E-state index in [4.69, 9.17) is 21.6 Å². The van der Waals surface area contributed by atoms with E-state index in [0.717, 1.165) is 22.0 Å². The summed E-state index contributed by atoms with van der Waals surface area (Å²) in [5.74, 6) is 0.712. The van der Waals surface area contributed by atoms with Gasteiger partial charge in [-0.3, -0.25) is 0 Å². The number of hydrogen-bond acceptors (Lipinski definition) is 3. The fourth-order valence-electron chi connectivity index (χ4n) is 1.92. The predicted octanol–water partition coefficient (Wildman–Crippen LogP) is 3.66. The molecule has 0 N–H and O–H groups in total. The van der Waals surface area contributed by atoms with Crippen LogP contribution in [-0.4, -0.2) is 12.1 Å². The number of aryl methyl sites for hydroxylation is 2. The minimum Gasteiger partial charge on any atom is -0.494 e. The number of benzene rings is 1. The van der Waals surface area contributed by atoms with E-state index in [1.807, 2.05) is 25.1 Å². The van der Waals surface area contributed by atoms with Gasteiger partial charge in [0, 0.05) is 11.8 Å². The van der Waals surface area contributed by atoms with Gasteiger partial charge in [-0.1, -0.05) is 17.7 Å². The molecule has 0 aliphatic carbocycles. The van der Waals surface area contributed by atoms with Crippen molar-refractivity contribution in [2.45, 2.75) is 19.8 Å². The van der Waals surface area contributed by atoms with E-state index in [2.05, 4.69) is 11.1 Å². The van der Waals surface area contributed by atoms with Crippen molar-refractivity contribution in [1.82, 2.24) is 4.98 Å². The Balaban J connectivity index is 2.64. The molecule has 2 aromatic rings. The minimum absolute atomic E-state index is 0.440. The van der Waals surface area contributed by atoms with Crippen molar-refractivity contribution in [3.63, 3.8) is 0 Å². The molecule has 0 amide bonds. The molecule has 1 aromatic heterocycles. The number of ether oxygens (including phenoxy) is 1. The largest absolute Gasteiger partial charge is 0.494 e. The molecule has 92 valence electrons. The van der Waals surface area contributed by atoms with Crippen LogP contribution in [0.2, 0.25) is 5.15 Å². The zero-order chi connectivity index (χ0) is 13.1. The molecular weight excluding hydrogens is 248 g/mol. The second-order valence-corrected chi connectivity index (χ2v) is 4.44. The van der Waals surface area contributed by atoms with Crippen molar-refractivity contribution in [1.29, 1.82) is 5.26 Å². The summed E-state index contributed by atoms with van der Waals surface area (Å²) in [7, 11) is 1.61. The van der Waals surface area contributed by atoms with Crippen LogP contribution in [0.5, 0.6) is 5.75 Å². The van der Waals surface area contributed by atoms with Gasteiger partial charge in [0.05, 0.1) is 13.2 Å². The van der Waals surface area contributed by atoms with E-state index >= 15 is 0 Å². The molecule has 18 heavy (non-hydrogen) atoms. The Morgan fingerprint density at radius 1 is 1.44 bits per heavy atom. The van der Waals surface area contributed by atoms with Crippen LogP contribution in [0.3, 0.4) is 0 Å². The minimum atomic E-state index is 0.440. The molecular formula is C14H13ClN2O. The number of rotatable bonds is 3. The molecule has 2 rings (SSSR count). The van der Waals surface area contributed by atoms with Crippen molar-refractivity contribution in [3.05, 3.63) is 34.5 Å². The van der Waals surface area contributed by atoms with Crippen LogP contribution in [0.25, 0.3) is 10.9 Å². The molecule has 4 heteroatoms. The van der Waals surface area contributed by atoms with Gasteiger partial charge in [0.25, 0.3) is 0 Å². The number of halogens is 1. The lowest BCUT2D eigenvalue weighted by Gasteiger charge is -2.10. The molecule has 0 unspecified atom stereocenters. The normalized spacial score (nSPS) is 10.3. The standard InChI is InChI=1S/C14H13ClN2O/c1-9-5-6-12(18-2)13-11(9)8-10(4-3-7-16)14(15)17-13/h5-6,8H,3-4H2,1-2H3. The fourth-order valence-corrected chi connectivity index (χ4v) is 2.15. The lowest BCUT2D eigenvalue weighted by Crippen LogP contribution is -1.94. The third-order valence-electron chi connectivity index (χ3n) is 2.92. The van der Waals surface area contributed by atoms with Gasteiger partial charge in [0.1, 0.15) is 16.4 Å². The summed E-state index contributed by atoms with van der Waals surface area (Å²) < 4.78 is 5.28. The van der Waals surface area contributed by atoms with Gasteiger partial charge >= 0.3 is 0 Å². The summed E-state index contributed by atoms with van der Waals surface area (Å²) >= 11 is 6.14. The number of pyridine rings is 1. The van der Waals surface area contributed by atoms with Gasteiger partial charge in [-0.2, -0.15) is 5.26 Å². The third kappa shape index (κ3) is 2.25. The third-order valence-corrected chi connectivity index (χ3v) is 3.24. The van der Waals surface area contributed by atoms with Gasteiger partial charge in [-0.25, -0.2) is 4.98 Å². The smallest absolute Gasteiger partial charge is 0.145 e. The quantitative estimate of drug-likeness (QED) is 0.791. The summed E-state index contributed by atoms with van der Waals surface area (Å²) in [6, 6.07) is 7.99. The molecule has 0 fully saturated rings. The van der Waals surface area contributed by atoms with Gasteiger partial charge in [0.2, 0.25) is 0 Å². The van der Waals surface area contributed by atoms with E-state index in [1.54, 1.807) is 7.11 Å². The number of methoxy groups -OCH3 is 1. The zero-order valence-corrected chi connectivity index (χ0v) is 11.1. The van der Waals surface area contributed by atoms with E-state index in [9.17, 15) is 0 Å². The highest BCUT2D eigenvalue weighted by Crippen LogP contribution is 2.30.